The van der Waals surface area contributed by atoms with Gasteiger partial charge in [-0.2, -0.15) is 0 Å². The van der Waals surface area contributed by atoms with Gasteiger partial charge in [-0.05, 0) is 12.1 Å². The summed E-state index contributed by atoms with van der Waals surface area (Å²) < 4.78 is 6.81. The number of hydrogen-bond donors (Lipinski definition) is 1. The Bertz CT molecular complexity index is 617. The van der Waals surface area contributed by atoms with Crippen molar-refractivity contribution in [2.45, 2.75) is 6.04 Å². The molecule has 0 amide bonds. The summed E-state index contributed by atoms with van der Waals surface area (Å²) in [7, 11) is 1.60. The SMILES string of the molecule is COc1ccc2c(=O)n(C3CNC3)cnc2c1. The highest BCUT2D eigenvalue weighted by molar-refractivity contribution is 5.78. The molecule has 0 unspecified atom stereocenters. The van der Waals surface area contributed by atoms with Gasteiger partial charge in [0, 0.05) is 19.2 Å². The van der Waals surface area contributed by atoms with E-state index in [2.05, 4.69) is 10.3 Å². The number of hydrogen-bond acceptors (Lipinski definition) is 4. The Morgan fingerprint density at radius 2 is 2.29 bits per heavy atom. The van der Waals surface area contributed by atoms with E-state index in [-0.39, 0.29) is 11.6 Å². The van der Waals surface area contributed by atoms with Crippen molar-refractivity contribution < 1.29 is 4.74 Å². The zero-order chi connectivity index (χ0) is 11.8. The maximum absolute atomic E-state index is 12.2. The third-order valence-corrected chi connectivity index (χ3v) is 3.14. The highest BCUT2D eigenvalue weighted by Gasteiger charge is 2.20. The van der Waals surface area contributed by atoms with E-state index < -0.39 is 0 Å². The van der Waals surface area contributed by atoms with E-state index in [1.165, 1.54) is 0 Å². The summed E-state index contributed by atoms with van der Waals surface area (Å²) in [5, 5.41) is 3.78. The fraction of sp³-hybridized carbons (Fsp3) is 0.333. The van der Waals surface area contributed by atoms with Gasteiger partial charge in [-0.1, -0.05) is 0 Å². The molecule has 3 rings (SSSR count). The minimum Gasteiger partial charge on any atom is -0.497 e. The molecule has 5 heteroatoms. The molecule has 0 aliphatic carbocycles. The molecule has 0 atom stereocenters. The lowest BCUT2D eigenvalue weighted by Gasteiger charge is -2.28. The first kappa shape index (κ1) is 10.3. The normalized spacial score (nSPS) is 15.8. The van der Waals surface area contributed by atoms with Crippen LogP contribution in [-0.2, 0) is 0 Å². The molecule has 1 aliphatic heterocycles. The fourth-order valence-corrected chi connectivity index (χ4v) is 1.97. The summed E-state index contributed by atoms with van der Waals surface area (Å²) in [6.45, 7) is 1.67. The number of ether oxygens (including phenoxy) is 1. The van der Waals surface area contributed by atoms with E-state index >= 15 is 0 Å². The standard InChI is InChI=1S/C12H13N3O2/c1-17-9-2-3-10-11(4-9)14-7-15(12(10)16)8-5-13-6-8/h2-4,7-8,13H,5-6H2,1H3. The molecule has 1 aromatic carbocycles. The molecule has 1 N–H and O–H groups in total. The van der Waals surface area contributed by atoms with Gasteiger partial charge in [0.1, 0.15) is 5.75 Å². The zero-order valence-electron chi connectivity index (χ0n) is 9.51. The van der Waals surface area contributed by atoms with E-state index in [1.54, 1.807) is 36.2 Å². The topological polar surface area (TPSA) is 56.1 Å². The van der Waals surface area contributed by atoms with Gasteiger partial charge in [-0.15, -0.1) is 0 Å². The highest BCUT2D eigenvalue weighted by atomic mass is 16.5. The smallest absolute Gasteiger partial charge is 0.261 e. The van der Waals surface area contributed by atoms with Crippen molar-refractivity contribution in [1.29, 1.82) is 0 Å². The van der Waals surface area contributed by atoms with E-state index in [9.17, 15) is 4.79 Å². The molecule has 2 heterocycles. The predicted molar refractivity (Wildman–Crippen MR) is 64.5 cm³/mol. The first-order valence-corrected chi connectivity index (χ1v) is 5.55. The van der Waals surface area contributed by atoms with Crippen molar-refractivity contribution in [3.63, 3.8) is 0 Å². The summed E-state index contributed by atoms with van der Waals surface area (Å²) in [6.07, 6.45) is 1.62. The van der Waals surface area contributed by atoms with Gasteiger partial charge in [0.2, 0.25) is 0 Å². The van der Waals surface area contributed by atoms with Gasteiger partial charge in [-0.3, -0.25) is 9.36 Å². The van der Waals surface area contributed by atoms with Gasteiger partial charge in [0.25, 0.3) is 5.56 Å². The Morgan fingerprint density at radius 1 is 1.47 bits per heavy atom. The molecular formula is C12H13N3O2. The monoisotopic (exact) mass is 231 g/mol. The molecule has 0 spiro atoms. The Kier molecular flexibility index (Phi) is 2.33. The third kappa shape index (κ3) is 1.59. The van der Waals surface area contributed by atoms with Gasteiger partial charge < -0.3 is 10.1 Å². The molecule has 88 valence electrons. The van der Waals surface area contributed by atoms with Crippen LogP contribution in [0.3, 0.4) is 0 Å². The molecule has 1 fully saturated rings. The van der Waals surface area contributed by atoms with E-state index in [0.29, 0.717) is 16.7 Å². The van der Waals surface area contributed by atoms with Crippen LogP contribution in [0.25, 0.3) is 10.9 Å². The maximum Gasteiger partial charge on any atom is 0.261 e. The highest BCUT2D eigenvalue weighted by Crippen LogP contribution is 2.17. The van der Waals surface area contributed by atoms with Crippen molar-refractivity contribution >= 4 is 10.9 Å². The van der Waals surface area contributed by atoms with Crippen LogP contribution < -0.4 is 15.6 Å². The van der Waals surface area contributed by atoms with Crippen molar-refractivity contribution in [2.24, 2.45) is 0 Å². The molecule has 17 heavy (non-hydrogen) atoms. The molecule has 5 nitrogen and oxygen atoms in total. The van der Waals surface area contributed by atoms with E-state index in [4.69, 9.17) is 4.74 Å². The molecule has 0 radical (unpaired) electrons. The minimum atomic E-state index is 0.0177. The van der Waals surface area contributed by atoms with Gasteiger partial charge in [-0.25, -0.2) is 4.98 Å². The number of nitrogens with zero attached hydrogens (tertiary/aromatic N) is 2. The number of methoxy groups -OCH3 is 1. The summed E-state index contributed by atoms with van der Waals surface area (Å²) in [5.41, 5.74) is 0.696. The van der Waals surface area contributed by atoms with Gasteiger partial charge in [0.05, 0.1) is 30.4 Å². The van der Waals surface area contributed by atoms with E-state index in [0.717, 1.165) is 13.1 Å². The zero-order valence-corrected chi connectivity index (χ0v) is 9.51. The molecule has 0 bridgehead atoms. The Labute approximate surface area is 98.0 Å². The van der Waals surface area contributed by atoms with Crippen LogP contribution in [0.5, 0.6) is 5.75 Å². The number of rotatable bonds is 2. The Balaban J connectivity index is 2.17. The molecule has 1 saturated heterocycles. The lowest BCUT2D eigenvalue weighted by molar-refractivity contribution is 0.334. The number of benzene rings is 1. The molecule has 2 aromatic rings. The predicted octanol–water partition coefficient (Wildman–Crippen LogP) is 0.549. The number of aromatic nitrogens is 2. The van der Waals surface area contributed by atoms with Crippen LogP contribution in [0, 0.1) is 0 Å². The lowest BCUT2D eigenvalue weighted by Crippen LogP contribution is -2.46. The molecule has 1 aliphatic rings. The molecule has 1 aromatic heterocycles. The van der Waals surface area contributed by atoms with Crippen LogP contribution >= 0.6 is 0 Å². The average Bonchev–Trinajstić information content (AvgIpc) is 2.30. The van der Waals surface area contributed by atoms with Crippen LogP contribution in [0.4, 0.5) is 0 Å². The quantitative estimate of drug-likeness (QED) is 0.820. The summed E-state index contributed by atoms with van der Waals surface area (Å²) >= 11 is 0. The second-order valence-corrected chi connectivity index (χ2v) is 4.15. The third-order valence-electron chi connectivity index (χ3n) is 3.14. The number of nitrogens with one attached hydrogen (secondary N) is 1. The average molecular weight is 231 g/mol. The Morgan fingerprint density at radius 3 is 2.94 bits per heavy atom. The molecular weight excluding hydrogens is 218 g/mol. The summed E-state index contributed by atoms with van der Waals surface area (Å²) in [6, 6.07) is 5.57. The lowest BCUT2D eigenvalue weighted by atomic mass is 10.1. The fourth-order valence-electron chi connectivity index (χ4n) is 1.97. The van der Waals surface area contributed by atoms with Crippen LogP contribution in [0.15, 0.2) is 29.3 Å². The largest absolute Gasteiger partial charge is 0.497 e. The van der Waals surface area contributed by atoms with Crippen LogP contribution in [-0.4, -0.2) is 29.8 Å². The van der Waals surface area contributed by atoms with Crippen LogP contribution in [0.2, 0.25) is 0 Å². The van der Waals surface area contributed by atoms with Crippen LogP contribution in [0.1, 0.15) is 6.04 Å². The van der Waals surface area contributed by atoms with E-state index in [1.807, 2.05) is 0 Å². The van der Waals surface area contributed by atoms with Crippen molar-refractivity contribution in [3.8, 4) is 5.75 Å². The van der Waals surface area contributed by atoms with Crippen molar-refractivity contribution in [3.05, 3.63) is 34.9 Å². The molecule has 0 saturated carbocycles. The Hall–Kier alpha value is -1.88. The van der Waals surface area contributed by atoms with Crippen molar-refractivity contribution in [2.75, 3.05) is 20.2 Å². The minimum absolute atomic E-state index is 0.0177. The first-order valence-electron chi connectivity index (χ1n) is 5.55. The second kappa shape index (κ2) is 3.85. The first-order chi connectivity index (χ1) is 8.29. The number of fused-ring (bicyclic) bond motifs is 1. The maximum atomic E-state index is 12.2. The van der Waals surface area contributed by atoms with Gasteiger partial charge >= 0.3 is 0 Å². The van der Waals surface area contributed by atoms with Crippen molar-refractivity contribution in [1.82, 2.24) is 14.9 Å². The van der Waals surface area contributed by atoms with Gasteiger partial charge in [0.15, 0.2) is 0 Å². The second-order valence-electron chi connectivity index (χ2n) is 4.15. The summed E-state index contributed by atoms with van der Waals surface area (Å²) in [5.74, 6) is 0.715. The summed E-state index contributed by atoms with van der Waals surface area (Å²) in [4.78, 5) is 16.5.